The minimum Gasteiger partial charge on any atom is -0.499 e. The Hall–Kier alpha value is -0.430. The van der Waals surface area contributed by atoms with E-state index < -0.39 is 20.5 Å². The Labute approximate surface area is 197 Å². The summed E-state index contributed by atoms with van der Waals surface area (Å²) in [7, 11) is 1.66. The molecular formula is C24H51NO6P+. The highest BCUT2D eigenvalue weighted by atomic mass is 31.2. The van der Waals surface area contributed by atoms with Gasteiger partial charge in [0.25, 0.3) is 0 Å². The molecule has 8 heteroatoms. The van der Waals surface area contributed by atoms with Crippen LogP contribution in [0.1, 0.15) is 90.4 Å². The molecule has 32 heavy (non-hydrogen) atoms. The molecule has 1 unspecified atom stereocenters. The number of likely N-dealkylation sites (N-methyl/N-ethyl adjacent to an activating group) is 1. The van der Waals surface area contributed by atoms with Crippen LogP contribution in [-0.2, 0) is 18.3 Å². The first kappa shape index (κ1) is 31.6. The number of aliphatic hydroxyl groups is 1. The van der Waals surface area contributed by atoms with Crippen molar-refractivity contribution in [2.24, 2.45) is 0 Å². The number of rotatable bonds is 23. The Kier molecular flexibility index (Phi) is 19.7. The number of hydrogen-bond acceptors (Lipinski definition) is 5. The van der Waals surface area contributed by atoms with E-state index in [1.54, 1.807) is 6.26 Å². The van der Waals surface area contributed by atoms with E-state index in [-0.39, 0.29) is 13.2 Å². The zero-order chi connectivity index (χ0) is 24.1. The lowest BCUT2D eigenvalue weighted by molar-refractivity contribution is -0.870. The largest absolute Gasteiger partial charge is 0.499 e. The van der Waals surface area contributed by atoms with Crippen molar-refractivity contribution in [2.45, 2.75) is 96.5 Å². The molecule has 0 aromatic heterocycles. The van der Waals surface area contributed by atoms with E-state index in [9.17, 15) is 14.6 Å². The van der Waals surface area contributed by atoms with Crippen LogP contribution in [0.15, 0.2) is 12.3 Å². The normalized spacial score (nSPS) is 15.2. The fourth-order valence-electron chi connectivity index (χ4n) is 3.17. The summed E-state index contributed by atoms with van der Waals surface area (Å²) < 4.78 is 27.9. The Morgan fingerprint density at radius 3 is 1.94 bits per heavy atom. The number of quaternary nitrogens is 1. The molecule has 0 rings (SSSR count). The fourth-order valence-corrected chi connectivity index (χ4v) is 4.04. The zero-order valence-electron chi connectivity index (χ0n) is 21.2. The Morgan fingerprint density at radius 1 is 0.906 bits per heavy atom. The first-order valence-corrected chi connectivity index (χ1v) is 14.0. The predicted molar refractivity (Wildman–Crippen MR) is 131 cm³/mol. The Bertz CT molecular complexity index is 495. The molecule has 0 aromatic rings. The van der Waals surface area contributed by atoms with Crippen molar-refractivity contribution < 1.29 is 32.8 Å². The maximum Gasteiger partial charge on any atom is 0.472 e. The molecule has 0 aliphatic rings. The highest BCUT2D eigenvalue weighted by Crippen LogP contribution is 2.44. The Balaban J connectivity index is 3.66. The molecule has 0 fully saturated rings. The van der Waals surface area contributed by atoms with Crippen molar-refractivity contribution in [1.29, 1.82) is 0 Å². The number of phosphoric acid groups is 1. The molecule has 0 aliphatic carbocycles. The van der Waals surface area contributed by atoms with Gasteiger partial charge >= 0.3 is 7.82 Å². The fraction of sp³-hybridized carbons (Fsp3) is 0.917. The molecule has 2 N–H and O–H groups in total. The minimum atomic E-state index is -4.22. The number of ether oxygens (including phenoxy) is 1. The molecule has 0 saturated heterocycles. The molecular weight excluding hydrogens is 429 g/mol. The van der Waals surface area contributed by atoms with Crippen LogP contribution in [0.2, 0.25) is 0 Å². The van der Waals surface area contributed by atoms with Gasteiger partial charge in [-0.15, -0.1) is 0 Å². The molecule has 0 amide bonds. The van der Waals surface area contributed by atoms with Crippen LogP contribution in [0.4, 0.5) is 0 Å². The van der Waals surface area contributed by atoms with Crippen molar-refractivity contribution in [3.05, 3.63) is 12.3 Å². The molecule has 7 nitrogen and oxygen atoms in total. The van der Waals surface area contributed by atoms with Crippen LogP contribution in [0.25, 0.3) is 0 Å². The molecule has 0 aliphatic heterocycles. The molecule has 0 bridgehead atoms. The maximum absolute atomic E-state index is 12.0. The standard InChI is InChI=1S/C24H50NO6P/c1-5-6-7-8-9-10-11-12-13-14-15-16-17-18-20-29-23-24(22-26)31-32(27,28)30-21-19-25(2,3)4/h18,20,24,26H,5-17,19,21-23H2,1-4H3/p+1/t24-/m0/s1. The number of nitrogens with zero attached hydrogens (tertiary/aromatic N) is 1. The second kappa shape index (κ2) is 20.0. The lowest BCUT2D eigenvalue weighted by Crippen LogP contribution is -2.37. The summed E-state index contributed by atoms with van der Waals surface area (Å²) in [6, 6.07) is 0. The SMILES string of the molecule is CCCCCCCCCCCCCCC=COC[C@H](CO)OP(=O)(O)OCC[N+](C)(C)C. The van der Waals surface area contributed by atoms with Crippen molar-refractivity contribution in [3.8, 4) is 0 Å². The summed E-state index contributed by atoms with van der Waals surface area (Å²) in [5.41, 5.74) is 0. The van der Waals surface area contributed by atoms with Crippen LogP contribution in [-0.4, -0.2) is 68.1 Å². The predicted octanol–water partition coefficient (Wildman–Crippen LogP) is 5.81. The van der Waals surface area contributed by atoms with Crippen molar-refractivity contribution in [3.63, 3.8) is 0 Å². The van der Waals surface area contributed by atoms with E-state index >= 15 is 0 Å². The first-order chi connectivity index (χ1) is 15.2. The third-order valence-electron chi connectivity index (χ3n) is 5.20. The summed E-state index contributed by atoms with van der Waals surface area (Å²) in [6.07, 6.45) is 19.5. The van der Waals surface area contributed by atoms with Gasteiger partial charge in [-0.3, -0.25) is 9.05 Å². The van der Waals surface area contributed by atoms with E-state index in [1.165, 1.54) is 70.6 Å². The van der Waals surface area contributed by atoms with E-state index in [4.69, 9.17) is 13.8 Å². The van der Waals surface area contributed by atoms with E-state index in [0.29, 0.717) is 11.0 Å². The quantitative estimate of drug-likeness (QED) is 0.0831. The third-order valence-corrected chi connectivity index (χ3v) is 6.27. The van der Waals surface area contributed by atoms with Crippen LogP contribution in [0, 0.1) is 0 Å². The maximum atomic E-state index is 12.0. The van der Waals surface area contributed by atoms with Gasteiger partial charge in [-0.05, 0) is 18.9 Å². The highest BCUT2D eigenvalue weighted by molar-refractivity contribution is 7.47. The number of aliphatic hydroxyl groups excluding tert-OH is 1. The van der Waals surface area contributed by atoms with Crippen LogP contribution in [0.5, 0.6) is 0 Å². The number of hydrogen-bond donors (Lipinski definition) is 2. The summed E-state index contributed by atoms with van der Waals surface area (Å²) in [5.74, 6) is 0. The smallest absolute Gasteiger partial charge is 0.472 e. The van der Waals surface area contributed by atoms with Crippen LogP contribution >= 0.6 is 7.82 Å². The van der Waals surface area contributed by atoms with Gasteiger partial charge in [0.2, 0.25) is 0 Å². The summed E-state index contributed by atoms with van der Waals surface area (Å²) in [5, 5.41) is 9.35. The molecule has 2 atom stereocenters. The molecule has 0 heterocycles. The minimum absolute atomic E-state index is 0.00527. The lowest BCUT2D eigenvalue weighted by Gasteiger charge is -2.24. The molecule has 192 valence electrons. The van der Waals surface area contributed by atoms with Crippen molar-refractivity contribution in [2.75, 3.05) is 47.5 Å². The molecule has 0 radical (unpaired) electrons. The second-order valence-electron chi connectivity index (χ2n) is 9.61. The first-order valence-electron chi connectivity index (χ1n) is 12.5. The number of allylic oxidation sites excluding steroid dienone is 1. The van der Waals surface area contributed by atoms with Gasteiger partial charge in [0.05, 0.1) is 34.0 Å². The summed E-state index contributed by atoms with van der Waals surface area (Å²) in [4.78, 5) is 9.77. The van der Waals surface area contributed by atoms with E-state index in [2.05, 4.69) is 6.92 Å². The molecule has 0 saturated carbocycles. The van der Waals surface area contributed by atoms with Crippen molar-refractivity contribution in [1.82, 2.24) is 0 Å². The molecule has 0 aromatic carbocycles. The topological polar surface area (TPSA) is 85.2 Å². The molecule has 0 spiro atoms. The van der Waals surface area contributed by atoms with Crippen molar-refractivity contribution >= 4 is 7.82 Å². The van der Waals surface area contributed by atoms with Gasteiger partial charge in [-0.25, -0.2) is 4.57 Å². The van der Waals surface area contributed by atoms with E-state index in [1.807, 2.05) is 27.2 Å². The van der Waals surface area contributed by atoms with Crippen LogP contribution in [0.3, 0.4) is 0 Å². The summed E-state index contributed by atoms with van der Waals surface area (Å²) in [6.45, 7) is 2.49. The Morgan fingerprint density at radius 2 is 1.44 bits per heavy atom. The van der Waals surface area contributed by atoms with Gasteiger partial charge in [0.15, 0.2) is 0 Å². The van der Waals surface area contributed by atoms with Gasteiger partial charge in [0, 0.05) is 0 Å². The second-order valence-corrected chi connectivity index (χ2v) is 11.0. The third kappa shape index (κ3) is 22.8. The van der Waals surface area contributed by atoms with Gasteiger partial charge < -0.3 is 19.2 Å². The van der Waals surface area contributed by atoms with E-state index in [0.717, 1.165) is 12.8 Å². The van der Waals surface area contributed by atoms with Gasteiger partial charge in [0.1, 0.15) is 25.9 Å². The highest BCUT2D eigenvalue weighted by Gasteiger charge is 2.27. The summed E-state index contributed by atoms with van der Waals surface area (Å²) >= 11 is 0. The van der Waals surface area contributed by atoms with Crippen LogP contribution < -0.4 is 0 Å². The monoisotopic (exact) mass is 480 g/mol. The van der Waals surface area contributed by atoms with Gasteiger partial charge in [-0.2, -0.15) is 0 Å². The number of phosphoric ester groups is 1. The average molecular weight is 481 g/mol. The zero-order valence-corrected chi connectivity index (χ0v) is 22.1. The lowest BCUT2D eigenvalue weighted by atomic mass is 10.0. The number of unbranched alkanes of at least 4 members (excludes halogenated alkanes) is 12. The van der Waals surface area contributed by atoms with Gasteiger partial charge in [-0.1, -0.05) is 77.6 Å². The average Bonchev–Trinajstić information content (AvgIpc) is 2.71.